The van der Waals surface area contributed by atoms with Crippen LogP contribution in [0.4, 0.5) is 11.6 Å². The van der Waals surface area contributed by atoms with Gasteiger partial charge in [-0.1, -0.05) is 0 Å². The topological polar surface area (TPSA) is 132 Å². The molecule has 9 nitrogen and oxygen atoms in total. The van der Waals surface area contributed by atoms with Gasteiger partial charge in [-0.15, -0.1) is 0 Å². The van der Waals surface area contributed by atoms with Gasteiger partial charge in [-0.3, -0.25) is 25.0 Å². The lowest BCUT2D eigenvalue weighted by atomic mass is 10.5. The van der Waals surface area contributed by atoms with E-state index in [4.69, 9.17) is 0 Å². The van der Waals surface area contributed by atoms with Gasteiger partial charge in [0, 0.05) is 0 Å². The van der Waals surface area contributed by atoms with Crippen molar-refractivity contribution in [3.63, 3.8) is 0 Å². The third-order valence-electron chi connectivity index (χ3n) is 1.01. The largest absolute Gasteiger partial charge is 0.537 e. The molecule has 0 aromatic carbocycles. The van der Waals surface area contributed by atoms with Gasteiger partial charge in [0.25, 0.3) is 0 Å². The van der Waals surface area contributed by atoms with Crippen molar-refractivity contribution in [1.82, 2.24) is 5.16 Å². The Balaban J connectivity index is 3.41. The van der Waals surface area contributed by atoms with E-state index in [2.05, 4.69) is 4.52 Å². The minimum absolute atomic E-state index is 1.16. The number of nitro groups is 2. The third-order valence-corrected chi connectivity index (χ3v) is 1.01. The first-order valence-electron chi connectivity index (χ1n) is 2.54. The first kappa shape index (κ1) is 7.91. The van der Waals surface area contributed by atoms with Crippen molar-refractivity contribution in [2.24, 2.45) is 0 Å². The zero-order valence-electron chi connectivity index (χ0n) is 5.34. The van der Waals surface area contributed by atoms with E-state index in [1.165, 1.54) is 5.16 Å². The normalized spacial score (nSPS) is 9.67. The van der Waals surface area contributed by atoms with E-state index in [1.54, 1.807) is 0 Å². The molecule has 0 fully saturated rings. The van der Waals surface area contributed by atoms with E-state index in [9.17, 15) is 25.0 Å². The van der Waals surface area contributed by atoms with Crippen LogP contribution in [-0.4, -0.2) is 15.0 Å². The minimum atomic E-state index is -1.23. The van der Waals surface area contributed by atoms with Crippen LogP contribution >= 0.6 is 0 Å². The molecule has 12 heavy (non-hydrogen) atoms. The second-order valence-corrected chi connectivity index (χ2v) is 1.70. The molecule has 0 saturated carbocycles. The first-order valence-corrected chi connectivity index (χ1v) is 2.54. The van der Waals surface area contributed by atoms with E-state index < -0.39 is 27.0 Å². The summed E-state index contributed by atoms with van der Waals surface area (Å²) in [4.78, 5) is 28.2. The quantitative estimate of drug-likeness (QED) is 0.488. The maximum atomic E-state index is 10.5. The van der Waals surface area contributed by atoms with Crippen LogP contribution in [0.15, 0.2) is 9.32 Å². The number of nitrogens with zero attached hydrogens (tertiary/aromatic N) is 2. The second-order valence-electron chi connectivity index (χ2n) is 1.70. The lowest BCUT2D eigenvalue weighted by molar-refractivity contribution is -0.434. The van der Waals surface area contributed by atoms with Crippen molar-refractivity contribution in [2.75, 3.05) is 0 Å². The summed E-state index contributed by atoms with van der Waals surface area (Å²) in [5.74, 6) is -1.19. The fourth-order valence-corrected chi connectivity index (χ4v) is 0.573. The highest BCUT2D eigenvalue weighted by Gasteiger charge is 2.34. The maximum absolute atomic E-state index is 10.5. The molecule has 0 amide bonds. The lowest BCUT2D eigenvalue weighted by Crippen LogP contribution is -2.05. The summed E-state index contributed by atoms with van der Waals surface area (Å²) in [5.41, 5.74) is -2.42. The highest BCUT2D eigenvalue weighted by Crippen LogP contribution is 2.20. The molecule has 1 aromatic rings. The maximum Gasteiger partial charge on any atom is 0.537 e. The minimum Gasteiger partial charge on any atom is -0.306 e. The van der Waals surface area contributed by atoms with Gasteiger partial charge in [0.05, 0.1) is 4.92 Å². The lowest BCUT2D eigenvalue weighted by Gasteiger charge is -1.80. The highest BCUT2D eigenvalue weighted by atomic mass is 16.7. The van der Waals surface area contributed by atoms with E-state index in [1.807, 2.05) is 0 Å². The Kier molecular flexibility index (Phi) is 1.62. The number of hydrogen-bond donors (Lipinski definition) is 1. The first-order chi connectivity index (χ1) is 5.54. The van der Waals surface area contributed by atoms with Crippen LogP contribution in [0, 0.1) is 20.2 Å². The van der Waals surface area contributed by atoms with Gasteiger partial charge in [0.1, 0.15) is 4.92 Å². The van der Waals surface area contributed by atoms with Crippen LogP contribution in [0.1, 0.15) is 0 Å². The molecule has 0 radical (unpaired) electrons. The van der Waals surface area contributed by atoms with Gasteiger partial charge in [-0.25, -0.2) is 0 Å². The Bertz CT molecular complexity index is 387. The Morgan fingerprint density at radius 3 is 2.17 bits per heavy atom. The molecule has 1 rings (SSSR count). The Hall–Kier alpha value is -2.19. The molecule has 0 aliphatic carbocycles. The zero-order chi connectivity index (χ0) is 9.30. The predicted molar refractivity (Wildman–Crippen MR) is 32.6 cm³/mol. The van der Waals surface area contributed by atoms with E-state index in [0.29, 0.717) is 0 Å². The average molecular weight is 175 g/mol. The fraction of sp³-hybridized carbons (Fsp3) is 0. The molecule has 1 aromatic heterocycles. The van der Waals surface area contributed by atoms with E-state index in [-0.39, 0.29) is 0 Å². The molecular formula is C3HN3O6. The van der Waals surface area contributed by atoms with Gasteiger partial charge in [0.2, 0.25) is 0 Å². The Labute approximate surface area is 62.9 Å². The zero-order valence-corrected chi connectivity index (χ0v) is 5.34. The SMILES string of the molecule is O=c1[nH]oc([N+](=O)[O-])c1[N+](=O)[O-]. The molecular weight excluding hydrogens is 174 g/mol. The van der Waals surface area contributed by atoms with Crippen LogP contribution in [0.2, 0.25) is 0 Å². The van der Waals surface area contributed by atoms with E-state index >= 15 is 0 Å². The van der Waals surface area contributed by atoms with Gasteiger partial charge < -0.3 is 4.52 Å². The number of hydrogen-bond acceptors (Lipinski definition) is 6. The molecule has 0 saturated heterocycles. The van der Waals surface area contributed by atoms with Crippen LogP contribution in [0.3, 0.4) is 0 Å². The standard InChI is InChI=1S/C3HN3O6/c7-2-1(5(8)9)3(6(10)11)12-4-2/h(H,4,7). The monoisotopic (exact) mass is 175 g/mol. The summed E-state index contributed by atoms with van der Waals surface area (Å²) < 4.78 is 3.94. The Morgan fingerprint density at radius 2 is 1.83 bits per heavy atom. The van der Waals surface area contributed by atoms with E-state index in [0.717, 1.165) is 0 Å². The summed E-state index contributed by atoms with van der Waals surface area (Å²) in [6.45, 7) is 0. The van der Waals surface area contributed by atoms with Crippen molar-refractivity contribution in [2.45, 2.75) is 0 Å². The number of aromatic amines is 1. The Morgan fingerprint density at radius 1 is 1.25 bits per heavy atom. The summed E-state index contributed by atoms with van der Waals surface area (Å²) in [6.07, 6.45) is 0. The number of aromatic nitrogens is 1. The number of nitrogens with one attached hydrogen (secondary N) is 1. The molecule has 0 aliphatic heterocycles. The van der Waals surface area contributed by atoms with Crippen LogP contribution in [0.25, 0.3) is 0 Å². The highest BCUT2D eigenvalue weighted by molar-refractivity contribution is 5.40. The van der Waals surface area contributed by atoms with Gasteiger partial charge in [-0.05, 0) is 0 Å². The fourth-order valence-electron chi connectivity index (χ4n) is 0.573. The van der Waals surface area contributed by atoms with Crippen LogP contribution in [-0.2, 0) is 0 Å². The molecule has 0 bridgehead atoms. The smallest absolute Gasteiger partial charge is 0.306 e. The molecule has 9 heteroatoms. The van der Waals surface area contributed by atoms with Crippen molar-refractivity contribution in [3.05, 3.63) is 30.6 Å². The molecule has 64 valence electrons. The van der Waals surface area contributed by atoms with Crippen LogP contribution < -0.4 is 5.56 Å². The van der Waals surface area contributed by atoms with Crippen molar-refractivity contribution in [1.29, 1.82) is 0 Å². The van der Waals surface area contributed by atoms with Crippen molar-refractivity contribution < 1.29 is 14.4 Å². The van der Waals surface area contributed by atoms with Crippen molar-refractivity contribution >= 4 is 11.6 Å². The summed E-state index contributed by atoms with van der Waals surface area (Å²) in [5, 5.41) is 21.5. The molecule has 1 heterocycles. The molecule has 0 aliphatic rings. The molecule has 1 N–H and O–H groups in total. The third kappa shape index (κ3) is 1.02. The predicted octanol–water partition coefficient (Wildman–Crippen LogP) is -0.216. The number of H-pyrrole nitrogens is 1. The van der Waals surface area contributed by atoms with Gasteiger partial charge in [0.15, 0.2) is 0 Å². The second kappa shape index (κ2) is 2.45. The van der Waals surface area contributed by atoms with Gasteiger partial charge in [-0.2, -0.15) is 5.16 Å². The molecule has 0 unspecified atom stereocenters. The van der Waals surface area contributed by atoms with Crippen molar-refractivity contribution in [3.8, 4) is 0 Å². The summed E-state index contributed by atoms with van der Waals surface area (Å²) >= 11 is 0. The van der Waals surface area contributed by atoms with Gasteiger partial charge >= 0.3 is 17.1 Å². The number of rotatable bonds is 2. The molecule has 0 spiro atoms. The average Bonchev–Trinajstić information content (AvgIpc) is 2.30. The summed E-state index contributed by atoms with van der Waals surface area (Å²) in [7, 11) is 0. The summed E-state index contributed by atoms with van der Waals surface area (Å²) in [6, 6.07) is 0. The van der Waals surface area contributed by atoms with Crippen LogP contribution in [0.5, 0.6) is 0 Å². The molecule has 0 atom stereocenters.